The van der Waals surface area contributed by atoms with Crippen molar-refractivity contribution in [2.75, 3.05) is 20.8 Å². The predicted molar refractivity (Wildman–Crippen MR) is 89.8 cm³/mol. The van der Waals surface area contributed by atoms with Crippen LogP contribution in [0.15, 0.2) is 35.5 Å². The summed E-state index contributed by atoms with van der Waals surface area (Å²) in [5.41, 5.74) is 8.03. The highest BCUT2D eigenvalue weighted by Crippen LogP contribution is 2.27. The number of nitrogens with one attached hydrogen (secondary N) is 1. The second-order valence-electron chi connectivity index (χ2n) is 5.01. The molecule has 0 spiro atoms. The standard InChI is InChI=1S/C16H23N5O2/c1-21-13(7-9-20-21)6-8-18-16(17)19-11-12-4-5-14(22-2)15(10-12)23-3/h4-5,7,9-10H,6,8,11H2,1-3H3,(H3,17,18,19). The summed E-state index contributed by atoms with van der Waals surface area (Å²) in [5.74, 6) is 1.80. The van der Waals surface area contributed by atoms with Crippen molar-refractivity contribution in [3.8, 4) is 11.5 Å². The van der Waals surface area contributed by atoms with Crippen LogP contribution in [0.25, 0.3) is 0 Å². The van der Waals surface area contributed by atoms with Gasteiger partial charge in [0, 0.05) is 31.9 Å². The summed E-state index contributed by atoms with van der Waals surface area (Å²) in [7, 11) is 5.14. The zero-order valence-electron chi connectivity index (χ0n) is 13.7. The first kappa shape index (κ1) is 16.7. The van der Waals surface area contributed by atoms with Crippen molar-refractivity contribution in [1.29, 1.82) is 0 Å². The van der Waals surface area contributed by atoms with E-state index in [0.29, 0.717) is 30.5 Å². The van der Waals surface area contributed by atoms with Gasteiger partial charge in [-0.3, -0.25) is 4.68 Å². The number of ether oxygens (including phenoxy) is 2. The maximum Gasteiger partial charge on any atom is 0.188 e. The van der Waals surface area contributed by atoms with E-state index >= 15 is 0 Å². The first-order valence-corrected chi connectivity index (χ1v) is 7.35. The summed E-state index contributed by atoms with van der Waals surface area (Å²) >= 11 is 0. The fraction of sp³-hybridized carbons (Fsp3) is 0.375. The van der Waals surface area contributed by atoms with E-state index in [1.54, 1.807) is 20.4 Å². The molecule has 0 fully saturated rings. The average Bonchev–Trinajstić information content (AvgIpc) is 2.97. The van der Waals surface area contributed by atoms with Crippen LogP contribution in [-0.2, 0) is 20.0 Å². The van der Waals surface area contributed by atoms with Gasteiger partial charge in [-0.25, -0.2) is 4.99 Å². The van der Waals surface area contributed by atoms with Gasteiger partial charge in [0.25, 0.3) is 0 Å². The number of rotatable bonds is 7. The van der Waals surface area contributed by atoms with Crippen LogP contribution in [0.4, 0.5) is 0 Å². The number of hydrogen-bond donors (Lipinski definition) is 2. The lowest BCUT2D eigenvalue weighted by Crippen LogP contribution is -2.33. The first-order valence-electron chi connectivity index (χ1n) is 7.35. The number of benzene rings is 1. The second kappa shape index (κ2) is 8.07. The molecule has 0 unspecified atom stereocenters. The maximum absolute atomic E-state index is 5.89. The molecule has 0 aliphatic rings. The van der Waals surface area contributed by atoms with Crippen molar-refractivity contribution >= 4 is 5.96 Å². The zero-order chi connectivity index (χ0) is 16.7. The molecule has 0 aliphatic carbocycles. The van der Waals surface area contributed by atoms with Gasteiger partial charge in [-0.1, -0.05) is 6.07 Å². The Morgan fingerprint density at radius 2 is 2.04 bits per heavy atom. The summed E-state index contributed by atoms with van der Waals surface area (Å²) in [6, 6.07) is 7.67. The number of methoxy groups -OCH3 is 2. The van der Waals surface area contributed by atoms with Crippen molar-refractivity contribution in [1.82, 2.24) is 15.1 Å². The van der Waals surface area contributed by atoms with Gasteiger partial charge < -0.3 is 20.5 Å². The molecule has 2 rings (SSSR count). The van der Waals surface area contributed by atoms with Crippen LogP contribution in [0.5, 0.6) is 11.5 Å². The van der Waals surface area contributed by atoms with Gasteiger partial charge in [-0.15, -0.1) is 0 Å². The minimum Gasteiger partial charge on any atom is -0.493 e. The van der Waals surface area contributed by atoms with Crippen molar-refractivity contribution < 1.29 is 9.47 Å². The molecule has 124 valence electrons. The smallest absolute Gasteiger partial charge is 0.188 e. The molecule has 1 aromatic heterocycles. The lowest BCUT2D eigenvalue weighted by molar-refractivity contribution is 0.354. The summed E-state index contributed by atoms with van der Waals surface area (Å²) in [5, 5.41) is 7.23. The second-order valence-corrected chi connectivity index (χ2v) is 5.01. The number of guanidine groups is 1. The van der Waals surface area contributed by atoms with Crippen LogP contribution in [0.1, 0.15) is 11.3 Å². The number of aromatic nitrogens is 2. The number of aryl methyl sites for hydroxylation is 1. The molecule has 0 atom stereocenters. The van der Waals surface area contributed by atoms with E-state index in [0.717, 1.165) is 17.7 Å². The molecule has 0 saturated heterocycles. The Hall–Kier alpha value is -2.70. The summed E-state index contributed by atoms with van der Waals surface area (Å²) in [6.07, 6.45) is 2.62. The summed E-state index contributed by atoms with van der Waals surface area (Å²) in [6.45, 7) is 1.19. The van der Waals surface area contributed by atoms with Gasteiger partial charge in [0.2, 0.25) is 0 Å². The summed E-state index contributed by atoms with van der Waals surface area (Å²) in [4.78, 5) is 4.33. The molecule has 1 heterocycles. The first-order chi connectivity index (χ1) is 11.1. The Labute approximate surface area is 136 Å². The molecule has 0 radical (unpaired) electrons. The predicted octanol–water partition coefficient (Wildman–Crippen LogP) is 1.08. The van der Waals surface area contributed by atoms with E-state index in [1.807, 2.05) is 36.0 Å². The van der Waals surface area contributed by atoms with Crippen LogP contribution < -0.4 is 20.5 Å². The van der Waals surface area contributed by atoms with Crippen molar-refractivity contribution in [2.45, 2.75) is 13.0 Å². The van der Waals surface area contributed by atoms with Gasteiger partial charge in [0.1, 0.15) is 0 Å². The van der Waals surface area contributed by atoms with Crippen LogP contribution in [0.3, 0.4) is 0 Å². The van der Waals surface area contributed by atoms with E-state index < -0.39 is 0 Å². The molecule has 7 heteroatoms. The maximum atomic E-state index is 5.89. The minimum absolute atomic E-state index is 0.418. The topological polar surface area (TPSA) is 86.7 Å². The van der Waals surface area contributed by atoms with Crippen molar-refractivity contribution in [3.05, 3.63) is 41.7 Å². The molecule has 3 N–H and O–H groups in total. The molecule has 23 heavy (non-hydrogen) atoms. The van der Waals surface area contributed by atoms with E-state index in [4.69, 9.17) is 15.2 Å². The molecule has 2 aromatic rings. The highest BCUT2D eigenvalue weighted by Gasteiger charge is 2.04. The monoisotopic (exact) mass is 317 g/mol. The number of nitrogens with two attached hydrogens (primary N) is 1. The van der Waals surface area contributed by atoms with Crippen LogP contribution in [0, 0.1) is 0 Å². The Bertz CT molecular complexity index is 666. The lowest BCUT2D eigenvalue weighted by Gasteiger charge is -2.09. The Balaban J connectivity index is 1.85. The number of aliphatic imine (C=N–C) groups is 1. The van der Waals surface area contributed by atoms with Crippen molar-refractivity contribution in [3.63, 3.8) is 0 Å². The minimum atomic E-state index is 0.418. The van der Waals surface area contributed by atoms with E-state index in [-0.39, 0.29) is 0 Å². The van der Waals surface area contributed by atoms with Gasteiger partial charge in [0.05, 0.1) is 20.8 Å². The molecule has 7 nitrogen and oxygen atoms in total. The molecule has 0 saturated carbocycles. The van der Waals surface area contributed by atoms with Gasteiger partial charge in [-0.05, 0) is 23.8 Å². The highest BCUT2D eigenvalue weighted by molar-refractivity contribution is 5.77. The Morgan fingerprint density at radius 3 is 2.70 bits per heavy atom. The highest BCUT2D eigenvalue weighted by atomic mass is 16.5. The van der Waals surface area contributed by atoms with Crippen LogP contribution in [0.2, 0.25) is 0 Å². The quantitative estimate of drug-likeness (QED) is 0.589. The number of hydrogen-bond acceptors (Lipinski definition) is 4. The largest absolute Gasteiger partial charge is 0.493 e. The molecule has 0 bridgehead atoms. The molecule has 0 amide bonds. The molecular formula is C16H23N5O2. The normalized spacial score (nSPS) is 11.3. The Morgan fingerprint density at radius 1 is 1.26 bits per heavy atom. The number of nitrogens with zero attached hydrogens (tertiary/aromatic N) is 3. The average molecular weight is 317 g/mol. The zero-order valence-corrected chi connectivity index (χ0v) is 13.7. The SMILES string of the molecule is COc1ccc(CN=C(N)NCCc2ccnn2C)cc1OC. The molecule has 1 aromatic carbocycles. The van der Waals surface area contributed by atoms with E-state index in [9.17, 15) is 0 Å². The van der Waals surface area contributed by atoms with E-state index in [1.165, 1.54) is 0 Å². The third kappa shape index (κ3) is 4.64. The van der Waals surface area contributed by atoms with Crippen LogP contribution in [-0.4, -0.2) is 36.5 Å². The molecule has 0 aliphatic heterocycles. The third-order valence-corrected chi connectivity index (χ3v) is 3.49. The third-order valence-electron chi connectivity index (χ3n) is 3.49. The van der Waals surface area contributed by atoms with Crippen molar-refractivity contribution in [2.24, 2.45) is 17.8 Å². The van der Waals surface area contributed by atoms with E-state index in [2.05, 4.69) is 15.4 Å². The summed E-state index contributed by atoms with van der Waals surface area (Å²) < 4.78 is 12.3. The van der Waals surface area contributed by atoms with Gasteiger partial charge >= 0.3 is 0 Å². The lowest BCUT2D eigenvalue weighted by atomic mass is 10.2. The molecular weight excluding hydrogens is 294 g/mol. The fourth-order valence-electron chi connectivity index (χ4n) is 2.18. The van der Waals surface area contributed by atoms with Crippen LogP contribution >= 0.6 is 0 Å². The Kier molecular flexibility index (Phi) is 5.85. The van der Waals surface area contributed by atoms with Gasteiger partial charge in [-0.2, -0.15) is 5.10 Å². The fourth-order valence-corrected chi connectivity index (χ4v) is 2.18. The van der Waals surface area contributed by atoms with Gasteiger partial charge in [0.15, 0.2) is 17.5 Å².